The molecule has 1 saturated heterocycles. The molecule has 0 aromatic rings. The lowest BCUT2D eigenvalue weighted by Crippen LogP contribution is -2.67. The highest BCUT2D eigenvalue weighted by molar-refractivity contribution is 7.80. The van der Waals surface area contributed by atoms with Crippen molar-refractivity contribution in [3.8, 4) is 0 Å². The Labute approximate surface area is 302 Å². The molecule has 1 heterocycles. The second-order valence-corrected chi connectivity index (χ2v) is 13.1. The van der Waals surface area contributed by atoms with Crippen LogP contribution in [0.2, 0.25) is 0 Å². The summed E-state index contributed by atoms with van der Waals surface area (Å²) in [5.41, 5.74) is 5.94. The van der Waals surface area contributed by atoms with Crippen molar-refractivity contribution < 1.29 is 71.3 Å². The Morgan fingerprint density at radius 1 is 0.918 bits per heavy atom. The highest BCUT2D eigenvalue weighted by atomic mass is 35.6. The first-order valence-electron chi connectivity index (χ1n) is 14.2. The summed E-state index contributed by atoms with van der Waals surface area (Å²) in [5.74, 6) is -2.67. The maximum Gasteiger partial charge on any atom is 0.407 e. The first-order chi connectivity index (χ1) is 22.8. The van der Waals surface area contributed by atoms with Gasteiger partial charge in [-0.2, -0.15) is 0 Å². The lowest BCUT2D eigenvalue weighted by molar-refractivity contribution is -0.300. The summed E-state index contributed by atoms with van der Waals surface area (Å²) in [6, 6.07) is -2.67. The largest absolute Gasteiger partial charge is 0.456 e. The number of thiocarbonyl (C=S) groups is 1. The fourth-order valence-electron chi connectivity index (χ4n) is 4.15. The van der Waals surface area contributed by atoms with Gasteiger partial charge in [0.25, 0.3) is 0 Å². The molecule has 49 heavy (non-hydrogen) atoms. The molecule has 5 N–H and O–H groups in total. The zero-order valence-electron chi connectivity index (χ0n) is 27.6. The topological polar surface area (TPSA) is 240 Å². The zero-order chi connectivity index (χ0) is 37.5. The van der Waals surface area contributed by atoms with Gasteiger partial charge in [-0.05, 0) is 13.8 Å². The van der Waals surface area contributed by atoms with Gasteiger partial charge in [-0.3, -0.25) is 14.4 Å². The van der Waals surface area contributed by atoms with Crippen LogP contribution >= 0.6 is 47.0 Å². The molecular formula is C26H41Cl3N4O15S. The SMILES string of the molecule is COCO[C@H](C(N)=S)C(NC(=O)[C@@H](NC(=O)OC)[C@@H](C)OCOC)O[C@@H]1O[C@@H](C)[C@@H](NC(=O)OCC(Cl)(Cl)Cl)[C@@H](OC(C)=O)[C@H]1OC(C)=O. The number of halogens is 3. The lowest BCUT2D eigenvalue weighted by Gasteiger charge is -2.45. The quantitative estimate of drug-likeness (QED) is 0.0487. The number of amides is 3. The molecule has 0 spiro atoms. The molecule has 282 valence electrons. The molecule has 1 fully saturated rings. The van der Waals surface area contributed by atoms with Gasteiger partial charge in [0.2, 0.25) is 16.0 Å². The molecule has 0 aromatic heterocycles. The number of nitrogens with two attached hydrogens (primary N) is 1. The van der Waals surface area contributed by atoms with Gasteiger partial charge in [0.15, 0.2) is 24.5 Å². The van der Waals surface area contributed by atoms with E-state index in [4.69, 9.17) is 95.4 Å². The number of nitrogens with one attached hydrogen (secondary N) is 3. The Morgan fingerprint density at radius 2 is 1.49 bits per heavy atom. The minimum atomic E-state index is -1.94. The van der Waals surface area contributed by atoms with Gasteiger partial charge < -0.3 is 69.1 Å². The highest BCUT2D eigenvalue weighted by Gasteiger charge is 2.51. The lowest BCUT2D eigenvalue weighted by atomic mass is 9.96. The molecule has 9 atom stereocenters. The smallest absolute Gasteiger partial charge is 0.407 e. The van der Waals surface area contributed by atoms with Gasteiger partial charge >= 0.3 is 24.1 Å². The number of carbonyl (C=O) groups excluding carboxylic acids is 5. The second-order valence-electron chi connectivity index (χ2n) is 10.1. The number of hydrogen-bond acceptors (Lipinski definition) is 16. The number of rotatable bonds is 18. The van der Waals surface area contributed by atoms with Crippen molar-refractivity contribution in [2.45, 2.75) is 86.6 Å². The van der Waals surface area contributed by atoms with Crippen LogP contribution in [0.4, 0.5) is 9.59 Å². The molecule has 1 unspecified atom stereocenters. The molecule has 1 rings (SSSR count). The highest BCUT2D eigenvalue weighted by Crippen LogP contribution is 2.29. The number of methoxy groups -OCH3 is 3. The van der Waals surface area contributed by atoms with Gasteiger partial charge in [-0.25, -0.2) is 9.59 Å². The van der Waals surface area contributed by atoms with Gasteiger partial charge in [0.1, 0.15) is 31.2 Å². The van der Waals surface area contributed by atoms with E-state index in [2.05, 4.69) is 20.7 Å². The summed E-state index contributed by atoms with van der Waals surface area (Å²) in [7, 11) is 3.73. The Kier molecular flexibility index (Phi) is 19.6. The van der Waals surface area contributed by atoms with Crippen LogP contribution in [0.3, 0.4) is 0 Å². The molecule has 1 aliphatic heterocycles. The van der Waals surface area contributed by atoms with E-state index in [1.54, 1.807) is 0 Å². The second kappa shape index (κ2) is 21.6. The number of esters is 2. The van der Waals surface area contributed by atoms with E-state index < -0.39 is 102 Å². The number of alkyl halides is 3. The van der Waals surface area contributed by atoms with Crippen molar-refractivity contribution >= 4 is 82.0 Å². The standard InChI is InChI=1S/C26H41Cl3N4O15S/c1-11(43-9-39-5)16(32-24(37)41-7)21(36)33-22(19(20(30)49)44-10-40-6)48-23-18(47-14(4)35)17(46-13(3)34)15(12(2)45-23)31-25(38)42-8-26(27,28)29/h11-12,15-19,22-23H,8-10H2,1-7H3,(H2,30,49)(H,31,38)(H,32,37)(H,33,36)/t11-,12+,15-,16+,17-,18-,19-,22?,23+/m1/s1. The van der Waals surface area contributed by atoms with Gasteiger partial charge in [0.05, 0.1) is 25.4 Å². The molecule has 0 saturated carbocycles. The molecule has 19 nitrogen and oxygen atoms in total. The Bertz CT molecular complexity index is 1140. The third-order valence-electron chi connectivity index (χ3n) is 6.20. The fraction of sp³-hybridized carbons (Fsp3) is 0.769. The maximum atomic E-state index is 13.7. The van der Waals surface area contributed by atoms with Crippen molar-refractivity contribution in [2.24, 2.45) is 5.73 Å². The van der Waals surface area contributed by atoms with Gasteiger partial charge in [-0.1, -0.05) is 47.0 Å². The Morgan fingerprint density at radius 3 is 2.00 bits per heavy atom. The van der Waals surface area contributed by atoms with Crippen LogP contribution in [0.5, 0.6) is 0 Å². The van der Waals surface area contributed by atoms with Crippen LogP contribution in [-0.2, 0) is 61.8 Å². The van der Waals surface area contributed by atoms with E-state index in [0.29, 0.717) is 0 Å². The van der Waals surface area contributed by atoms with Crippen LogP contribution in [0, 0.1) is 0 Å². The van der Waals surface area contributed by atoms with Crippen molar-refractivity contribution in [3.63, 3.8) is 0 Å². The normalized spacial score (nSPS) is 23.1. The predicted molar refractivity (Wildman–Crippen MR) is 172 cm³/mol. The molecule has 0 aliphatic carbocycles. The van der Waals surface area contributed by atoms with Crippen molar-refractivity contribution in [3.05, 3.63) is 0 Å². The van der Waals surface area contributed by atoms with Crippen molar-refractivity contribution in [1.29, 1.82) is 0 Å². The van der Waals surface area contributed by atoms with Gasteiger partial charge in [-0.15, -0.1) is 0 Å². The van der Waals surface area contributed by atoms with Crippen LogP contribution in [-0.4, -0.2) is 135 Å². The van der Waals surface area contributed by atoms with Crippen molar-refractivity contribution in [1.82, 2.24) is 16.0 Å². The first-order valence-corrected chi connectivity index (χ1v) is 15.7. The first kappa shape index (κ1) is 44.5. The van der Waals surface area contributed by atoms with Crippen LogP contribution in [0.25, 0.3) is 0 Å². The number of alkyl carbamates (subject to hydrolysis) is 2. The summed E-state index contributed by atoms with van der Waals surface area (Å²) in [5, 5.41) is 7.27. The van der Waals surface area contributed by atoms with E-state index in [1.165, 1.54) is 28.1 Å². The molecule has 0 bridgehead atoms. The van der Waals surface area contributed by atoms with E-state index in [9.17, 15) is 24.0 Å². The molecule has 0 aromatic carbocycles. The van der Waals surface area contributed by atoms with Crippen LogP contribution in [0.15, 0.2) is 0 Å². The average molecular weight is 788 g/mol. The summed E-state index contributed by atoms with van der Waals surface area (Å²) >= 11 is 22.1. The zero-order valence-corrected chi connectivity index (χ0v) is 30.6. The molecular weight excluding hydrogens is 747 g/mol. The average Bonchev–Trinajstić information content (AvgIpc) is 3.00. The summed E-state index contributed by atoms with van der Waals surface area (Å²) in [4.78, 5) is 62.5. The van der Waals surface area contributed by atoms with E-state index in [0.717, 1.165) is 21.0 Å². The van der Waals surface area contributed by atoms with Gasteiger partial charge in [0, 0.05) is 28.1 Å². The number of carbonyl (C=O) groups is 5. The Balaban J connectivity index is 3.59. The summed E-state index contributed by atoms with van der Waals surface area (Å²) in [6.07, 6.45) is -12.1. The maximum absolute atomic E-state index is 13.7. The number of ether oxygens (including phenoxy) is 10. The molecule has 3 amide bonds. The van der Waals surface area contributed by atoms with Crippen molar-refractivity contribution in [2.75, 3.05) is 41.5 Å². The minimum Gasteiger partial charge on any atom is -0.456 e. The fourth-order valence-corrected chi connectivity index (χ4v) is 4.50. The van der Waals surface area contributed by atoms with E-state index >= 15 is 0 Å². The van der Waals surface area contributed by atoms with Crippen LogP contribution in [0.1, 0.15) is 27.7 Å². The number of hydrogen-bond donors (Lipinski definition) is 4. The Hall–Kier alpha value is -2.53. The monoisotopic (exact) mass is 786 g/mol. The third kappa shape index (κ3) is 15.9. The third-order valence-corrected chi connectivity index (χ3v) is 6.76. The molecule has 1 aliphatic rings. The summed E-state index contributed by atoms with van der Waals surface area (Å²) < 4.78 is 51.4. The van der Waals surface area contributed by atoms with Crippen LogP contribution < -0.4 is 21.7 Å². The van der Waals surface area contributed by atoms with E-state index in [-0.39, 0.29) is 11.8 Å². The molecule has 23 heteroatoms. The van der Waals surface area contributed by atoms with E-state index in [1.807, 2.05) is 0 Å². The summed E-state index contributed by atoms with van der Waals surface area (Å²) in [6.45, 7) is 3.71. The predicted octanol–water partition coefficient (Wildman–Crippen LogP) is 0.527. The molecule has 0 radical (unpaired) electrons. The minimum absolute atomic E-state index is 0.247.